The Kier molecular flexibility index (Phi) is 7.17. The van der Waals surface area contributed by atoms with Gasteiger partial charge in [-0.25, -0.2) is 0 Å². The van der Waals surface area contributed by atoms with Gasteiger partial charge >= 0.3 is 0 Å². The smallest absolute Gasteiger partial charge is 0.224 e. The third kappa shape index (κ3) is 6.61. The van der Waals surface area contributed by atoms with Gasteiger partial charge in [-0.3, -0.25) is 9.59 Å². The van der Waals surface area contributed by atoms with Crippen molar-refractivity contribution in [3.05, 3.63) is 95.6 Å². The average Bonchev–Trinajstić information content (AvgIpc) is 2.74. The predicted molar refractivity (Wildman–Crippen MR) is 118 cm³/mol. The Hall–Kier alpha value is -3.40. The molecule has 2 amide bonds. The largest absolute Gasteiger partial charge is 0.326 e. The highest BCUT2D eigenvalue weighted by molar-refractivity contribution is 5.93. The molecule has 4 heteroatoms. The fourth-order valence-electron chi connectivity index (χ4n) is 3.12. The van der Waals surface area contributed by atoms with Crippen molar-refractivity contribution in [1.29, 1.82) is 0 Å². The first-order chi connectivity index (χ1) is 14.1. The molecule has 3 aromatic rings. The summed E-state index contributed by atoms with van der Waals surface area (Å²) in [4.78, 5) is 24.4. The van der Waals surface area contributed by atoms with Crippen LogP contribution in [0, 0.1) is 6.92 Å². The van der Waals surface area contributed by atoms with Crippen molar-refractivity contribution < 1.29 is 9.59 Å². The van der Waals surface area contributed by atoms with Gasteiger partial charge in [0, 0.05) is 24.2 Å². The monoisotopic (exact) mass is 386 g/mol. The first-order valence-electron chi connectivity index (χ1n) is 9.88. The molecule has 4 nitrogen and oxygen atoms in total. The molecule has 0 aliphatic heterocycles. The van der Waals surface area contributed by atoms with Crippen molar-refractivity contribution in [3.63, 3.8) is 0 Å². The molecule has 3 rings (SSSR count). The Balaban J connectivity index is 1.48. The Bertz CT molecular complexity index is 953. The minimum absolute atomic E-state index is 0.0170. The molecule has 0 bridgehead atoms. The van der Waals surface area contributed by atoms with Crippen LogP contribution >= 0.6 is 0 Å². The summed E-state index contributed by atoms with van der Waals surface area (Å²) in [6.07, 6.45) is 2.28. The lowest BCUT2D eigenvalue weighted by Gasteiger charge is -2.11. The number of rotatable bonds is 8. The molecule has 2 N–H and O–H groups in total. The fraction of sp³-hybridized carbons (Fsp3) is 0.200. The Morgan fingerprint density at radius 2 is 1.21 bits per heavy atom. The number of benzene rings is 3. The molecule has 0 spiro atoms. The molecular formula is C25H26N2O2. The minimum Gasteiger partial charge on any atom is -0.326 e. The van der Waals surface area contributed by atoms with Crippen LogP contribution in [0.5, 0.6) is 0 Å². The number of carbonyl (C=O) groups excluding carboxylic acids is 2. The van der Waals surface area contributed by atoms with Crippen LogP contribution in [-0.2, 0) is 22.4 Å². The van der Waals surface area contributed by atoms with Crippen LogP contribution in [0.2, 0.25) is 0 Å². The van der Waals surface area contributed by atoms with E-state index in [1.165, 1.54) is 0 Å². The third-order valence-electron chi connectivity index (χ3n) is 4.75. The predicted octanol–water partition coefficient (Wildman–Crippen LogP) is 5.14. The molecule has 0 heterocycles. The lowest BCUT2D eigenvalue weighted by Crippen LogP contribution is -2.14. The van der Waals surface area contributed by atoms with Crippen LogP contribution in [0.4, 0.5) is 11.4 Å². The summed E-state index contributed by atoms with van der Waals surface area (Å²) in [6, 6.07) is 25.5. The third-order valence-corrected chi connectivity index (χ3v) is 4.75. The summed E-state index contributed by atoms with van der Waals surface area (Å²) >= 11 is 0. The molecule has 0 aliphatic carbocycles. The molecule has 0 saturated carbocycles. The fourth-order valence-corrected chi connectivity index (χ4v) is 3.12. The van der Waals surface area contributed by atoms with E-state index < -0.39 is 0 Å². The van der Waals surface area contributed by atoms with Crippen LogP contribution in [-0.4, -0.2) is 11.8 Å². The van der Waals surface area contributed by atoms with Gasteiger partial charge in [-0.2, -0.15) is 0 Å². The van der Waals surface area contributed by atoms with Crippen LogP contribution in [0.1, 0.15) is 29.5 Å². The Labute approximate surface area is 172 Å². The van der Waals surface area contributed by atoms with Gasteiger partial charge in [0.25, 0.3) is 0 Å². The van der Waals surface area contributed by atoms with Gasteiger partial charge in [0.15, 0.2) is 0 Å². The number of hydrogen-bond acceptors (Lipinski definition) is 2. The molecular weight excluding hydrogens is 360 g/mol. The van der Waals surface area contributed by atoms with Crippen LogP contribution in [0.15, 0.2) is 78.9 Å². The number of nitrogens with one attached hydrogen (secondary N) is 2. The highest BCUT2D eigenvalue weighted by atomic mass is 16.2. The molecule has 0 fully saturated rings. The number of amides is 2. The molecule has 0 aromatic heterocycles. The summed E-state index contributed by atoms with van der Waals surface area (Å²) in [5.41, 5.74) is 4.72. The van der Waals surface area contributed by atoms with Crippen molar-refractivity contribution in [2.24, 2.45) is 0 Å². The second-order valence-electron chi connectivity index (χ2n) is 7.10. The minimum atomic E-state index is -0.0205. The molecule has 0 aliphatic rings. The van der Waals surface area contributed by atoms with Crippen molar-refractivity contribution in [2.45, 2.75) is 32.6 Å². The maximum atomic E-state index is 12.2. The number of hydrogen-bond donors (Lipinski definition) is 2. The summed E-state index contributed by atoms with van der Waals surface area (Å²) in [5.74, 6) is -0.0375. The molecule has 3 aromatic carbocycles. The highest BCUT2D eigenvalue weighted by Crippen LogP contribution is 2.20. The number of anilines is 2. The molecule has 0 unspecified atom stereocenters. The quantitative estimate of drug-likeness (QED) is 0.563. The Morgan fingerprint density at radius 3 is 1.72 bits per heavy atom. The zero-order valence-corrected chi connectivity index (χ0v) is 16.7. The van der Waals surface area contributed by atoms with Gasteiger partial charge in [-0.05, 0) is 54.7 Å². The molecule has 0 atom stereocenters. The van der Waals surface area contributed by atoms with E-state index in [0.29, 0.717) is 25.7 Å². The van der Waals surface area contributed by atoms with Gasteiger partial charge in [0.1, 0.15) is 0 Å². The molecule has 0 saturated heterocycles. The summed E-state index contributed by atoms with van der Waals surface area (Å²) in [7, 11) is 0. The lowest BCUT2D eigenvalue weighted by molar-refractivity contribution is -0.117. The van der Waals surface area contributed by atoms with Crippen molar-refractivity contribution >= 4 is 23.2 Å². The van der Waals surface area contributed by atoms with E-state index in [4.69, 9.17) is 0 Å². The van der Waals surface area contributed by atoms with E-state index in [1.54, 1.807) is 0 Å². The zero-order valence-electron chi connectivity index (χ0n) is 16.7. The maximum Gasteiger partial charge on any atom is 0.224 e. The number of carbonyl (C=O) groups is 2. The van der Waals surface area contributed by atoms with Crippen LogP contribution in [0.25, 0.3) is 0 Å². The van der Waals surface area contributed by atoms with Gasteiger partial charge < -0.3 is 10.6 Å². The maximum absolute atomic E-state index is 12.2. The normalized spacial score (nSPS) is 10.4. The summed E-state index contributed by atoms with van der Waals surface area (Å²) < 4.78 is 0. The molecule has 0 radical (unpaired) electrons. The van der Waals surface area contributed by atoms with E-state index in [0.717, 1.165) is 28.1 Å². The van der Waals surface area contributed by atoms with Crippen molar-refractivity contribution in [3.8, 4) is 0 Å². The second kappa shape index (κ2) is 10.2. The van der Waals surface area contributed by atoms with E-state index in [2.05, 4.69) is 10.6 Å². The molecule has 29 heavy (non-hydrogen) atoms. The first-order valence-corrected chi connectivity index (χ1v) is 9.88. The summed E-state index contributed by atoms with van der Waals surface area (Å²) in [5, 5.41) is 5.88. The SMILES string of the molecule is Cc1cc(NC(=O)CCc2ccccc2)ccc1NC(=O)CCc1ccccc1. The number of aryl methyl sites for hydroxylation is 3. The summed E-state index contributed by atoms with van der Waals surface area (Å²) in [6.45, 7) is 1.92. The highest BCUT2D eigenvalue weighted by Gasteiger charge is 2.08. The van der Waals surface area contributed by atoms with Gasteiger partial charge in [0.05, 0.1) is 0 Å². The first kappa shape index (κ1) is 20.3. The van der Waals surface area contributed by atoms with Gasteiger partial charge in [-0.1, -0.05) is 60.7 Å². The molecule has 148 valence electrons. The van der Waals surface area contributed by atoms with Crippen LogP contribution in [0.3, 0.4) is 0 Å². The van der Waals surface area contributed by atoms with E-state index >= 15 is 0 Å². The topological polar surface area (TPSA) is 58.2 Å². The van der Waals surface area contributed by atoms with Crippen molar-refractivity contribution in [1.82, 2.24) is 0 Å². The Morgan fingerprint density at radius 1 is 0.690 bits per heavy atom. The van der Waals surface area contributed by atoms with Crippen LogP contribution < -0.4 is 10.6 Å². The van der Waals surface area contributed by atoms with Gasteiger partial charge in [0.2, 0.25) is 11.8 Å². The average molecular weight is 386 g/mol. The second-order valence-corrected chi connectivity index (χ2v) is 7.10. The van der Waals surface area contributed by atoms with E-state index in [-0.39, 0.29) is 11.8 Å². The van der Waals surface area contributed by atoms with Crippen molar-refractivity contribution in [2.75, 3.05) is 10.6 Å². The zero-order chi connectivity index (χ0) is 20.5. The standard InChI is InChI=1S/C25H26N2O2/c1-19-18-22(26-24(28)16-12-20-8-4-2-5-9-20)14-15-23(19)27-25(29)17-13-21-10-6-3-7-11-21/h2-11,14-15,18H,12-13,16-17H2,1H3,(H,26,28)(H,27,29). The van der Waals surface area contributed by atoms with E-state index in [9.17, 15) is 9.59 Å². The lowest BCUT2D eigenvalue weighted by atomic mass is 10.1. The van der Waals surface area contributed by atoms with E-state index in [1.807, 2.05) is 85.8 Å². The van der Waals surface area contributed by atoms with Gasteiger partial charge in [-0.15, -0.1) is 0 Å².